The predicted molar refractivity (Wildman–Crippen MR) is 224 cm³/mol. The van der Waals surface area contributed by atoms with Gasteiger partial charge in [-0.15, -0.1) is 0 Å². The highest BCUT2D eigenvalue weighted by molar-refractivity contribution is 5.97. The number of carbonyl (C=O) groups excluding carboxylic acids is 5. The summed E-state index contributed by atoms with van der Waals surface area (Å²) < 4.78 is 0. The number of guanidine groups is 1. The summed E-state index contributed by atoms with van der Waals surface area (Å²) in [6.07, 6.45) is 5.39. The summed E-state index contributed by atoms with van der Waals surface area (Å²) in [5, 5.41) is 33.8. The standard InChI is InChI=1S/C41H56N12O7/c1-23(2)16-32(37(56)49-24(3)40(59)60)52-36(55)31(14-9-15-46-41(43)44)50-38(57)33(17-25-10-5-4-6-11-25)53-39(58)34(18-26-20-47-30-13-8-7-12-28(26)30)51-35(54)29(42)19-27-21-45-22-48-27/h4-8,10-13,20-24,29,31-34,47H,9,14-19,42H2,1-3H3,(H,45,48)(H,49,56)(H,50,57)(H,51,54)(H,52,55)(H,53,58)(H,59,60)(H4,43,44,46)/t24-,29-,31-,32-,33-,34-/m0/s1. The number of aliphatic carboxylic acids is 1. The minimum absolute atomic E-state index is 0.00345. The van der Waals surface area contributed by atoms with E-state index in [9.17, 15) is 33.9 Å². The molecule has 6 atom stereocenters. The molecule has 19 heteroatoms. The molecule has 0 saturated carbocycles. The molecule has 2 aromatic carbocycles. The van der Waals surface area contributed by atoms with Crippen molar-refractivity contribution in [2.45, 2.75) is 95.5 Å². The summed E-state index contributed by atoms with van der Waals surface area (Å²) in [6, 6.07) is 9.24. The average Bonchev–Trinajstić information content (AvgIpc) is 3.88. The second-order valence-electron chi connectivity index (χ2n) is 15.0. The molecule has 0 radical (unpaired) electrons. The zero-order valence-electron chi connectivity index (χ0n) is 33.9. The van der Waals surface area contributed by atoms with Crippen LogP contribution in [-0.4, -0.2) is 104 Å². The molecule has 60 heavy (non-hydrogen) atoms. The fourth-order valence-electron chi connectivity index (χ4n) is 6.48. The minimum atomic E-state index is -1.27. The molecular formula is C41H56N12O7. The maximum atomic E-state index is 14.4. The normalized spacial score (nSPS) is 14.2. The summed E-state index contributed by atoms with van der Waals surface area (Å²) in [6.45, 7) is 5.14. The smallest absolute Gasteiger partial charge is 0.325 e. The van der Waals surface area contributed by atoms with Crippen LogP contribution in [-0.2, 0) is 48.0 Å². The molecule has 5 amide bonds. The number of hydrogen-bond donors (Lipinski definition) is 12. The van der Waals surface area contributed by atoms with Crippen LogP contribution in [0.1, 0.15) is 56.9 Å². The molecule has 0 aliphatic heterocycles. The zero-order valence-corrected chi connectivity index (χ0v) is 33.9. The van der Waals surface area contributed by atoms with E-state index in [1.165, 1.54) is 13.3 Å². The lowest BCUT2D eigenvalue weighted by molar-refractivity contribution is -0.142. The molecule has 0 aliphatic rings. The molecule has 19 nitrogen and oxygen atoms in total. The number of aromatic amines is 2. The Hall–Kier alpha value is -6.76. The molecule has 0 aliphatic carbocycles. The van der Waals surface area contributed by atoms with E-state index < -0.39 is 71.8 Å². The first-order chi connectivity index (χ1) is 28.6. The molecule has 0 spiro atoms. The van der Waals surface area contributed by atoms with Crippen molar-refractivity contribution < 1.29 is 33.9 Å². The van der Waals surface area contributed by atoms with Gasteiger partial charge < -0.3 is 58.4 Å². The number of imidazole rings is 1. The van der Waals surface area contributed by atoms with E-state index in [-0.39, 0.29) is 56.9 Å². The van der Waals surface area contributed by atoms with Crippen LogP contribution < -0.4 is 43.4 Å². The van der Waals surface area contributed by atoms with Gasteiger partial charge in [-0.05, 0) is 49.3 Å². The van der Waals surface area contributed by atoms with Crippen molar-refractivity contribution in [3.8, 4) is 0 Å². The Morgan fingerprint density at radius 2 is 1.35 bits per heavy atom. The van der Waals surface area contributed by atoms with Crippen molar-refractivity contribution >= 4 is 52.4 Å². The van der Waals surface area contributed by atoms with Crippen LogP contribution in [0.15, 0.2) is 73.3 Å². The number of amides is 5. The van der Waals surface area contributed by atoms with Gasteiger partial charge in [0.2, 0.25) is 29.5 Å². The number of nitrogens with two attached hydrogens (primary N) is 2. The van der Waals surface area contributed by atoms with Gasteiger partial charge >= 0.3 is 5.97 Å². The fraction of sp³-hybridized carbons (Fsp3) is 0.415. The third-order valence-electron chi connectivity index (χ3n) is 9.66. The topological polar surface area (TPSA) is 315 Å². The largest absolute Gasteiger partial charge is 0.480 e. The monoisotopic (exact) mass is 828 g/mol. The van der Waals surface area contributed by atoms with Gasteiger partial charge in [-0.25, -0.2) is 4.98 Å². The Balaban J connectivity index is 1.62. The number of nitrogens with zero attached hydrogens (tertiary/aromatic N) is 1. The predicted octanol–water partition coefficient (Wildman–Crippen LogP) is 0.0841. The number of carbonyl (C=O) groups is 6. The number of H-pyrrole nitrogens is 2. The summed E-state index contributed by atoms with van der Waals surface area (Å²) in [5.74, 6) is -5.11. The van der Waals surface area contributed by atoms with Gasteiger partial charge in [0.25, 0.3) is 0 Å². The summed E-state index contributed by atoms with van der Waals surface area (Å²) in [7, 11) is 0. The highest BCUT2D eigenvalue weighted by Crippen LogP contribution is 2.20. The third kappa shape index (κ3) is 14.3. The number of benzene rings is 2. The van der Waals surface area contributed by atoms with E-state index >= 15 is 0 Å². The van der Waals surface area contributed by atoms with Crippen molar-refractivity contribution in [3.63, 3.8) is 0 Å². The van der Waals surface area contributed by atoms with Crippen LogP contribution in [0.5, 0.6) is 0 Å². The average molecular weight is 829 g/mol. The lowest BCUT2D eigenvalue weighted by atomic mass is 10.00. The van der Waals surface area contributed by atoms with Gasteiger partial charge in [-0.1, -0.05) is 62.4 Å². The first-order valence-electron chi connectivity index (χ1n) is 19.8. The Kier molecular flexibility index (Phi) is 17.2. The Bertz CT molecular complexity index is 2070. The van der Waals surface area contributed by atoms with Crippen LogP contribution >= 0.6 is 0 Å². The van der Waals surface area contributed by atoms with E-state index in [1.54, 1.807) is 42.7 Å². The van der Waals surface area contributed by atoms with Crippen LogP contribution in [0.4, 0.5) is 0 Å². The fourth-order valence-corrected chi connectivity index (χ4v) is 6.48. The molecule has 4 aromatic rings. The van der Waals surface area contributed by atoms with Crippen LogP contribution in [0.2, 0.25) is 0 Å². The summed E-state index contributed by atoms with van der Waals surface area (Å²) in [4.78, 5) is 90.9. The van der Waals surface area contributed by atoms with Gasteiger partial charge in [-0.2, -0.15) is 0 Å². The number of carboxylic acids is 1. The Morgan fingerprint density at radius 1 is 0.750 bits per heavy atom. The highest BCUT2D eigenvalue weighted by Gasteiger charge is 2.33. The highest BCUT2D eigenvalue weighted by atomic mass is 16.4. The number of aromatic nitrogens is 3. The summed E-state index contributed by atoms with van der Waals surface area (Å²) in [5.41, 5.74) is 14.5. The quantitative estimate of drug-likeness (QED) is 0.0270. The lowest BCUT2D eigenvalue weighted by Crippen LogP contribution is -2.60. The maximum absolute atomic E-state index is 14.4. The van der Waals surface area contributed by atoms with Crippen molar-refractivity contribution in [2.24, 2.45) is 17.4 Å². The first kappa shape index (κ1) is 45.9. The Morgan fingerprint density at radius 3 is 2.00 bits per heavy atom. The van der Waals surface area contributed by atoms with Gasteiger partial charge in [0.1, 0.15) is 30.2 Å². The van der Waals surface area contributed by atoms with Crippen LogP contribution in [0, 0.1) is 11.3 Å². The van der Waals surface area contributed by atoms with E-state index in [0.29, 0.717) is 11.3 Å². The molecule has 2 aromatic heterocycles. The van der Waals surface area contributed by atoms with Gasteiger partial charge in [-0.3, -0.25) is 34.2 Å². The number of carboxylic acid groups (broad SMARTS) is 1. The summed E-state index contributed by atoms with van der Waals surface area (Å²) >= 11 is 0. The number of rotatable bonds is 23. The third-order valence-corrected chi connectivity index (χ3v) is 9.66. The van der Waals surface area contributed by atoms with E-state index in [1.807, 2.05) is 38.1 Å². The van der Waals surface area contributed by atoms with Crippen LogP contribution in [0.3, 0.4) is 0 Å². The van der Waals surface area contributed by atoms with Crippen molar-refractivity contribution in [1.29, 1.82) is 5.41 Å². The molecule has 0 fully saturated rings. The van der Waals surface area contributed by atoms with Gasteiger partial charge in [0, 0.05) is 49.1 Å². The molecule has 322 valence electrons. The molecular weight excluding hydrogens is 773 g/mol. The van der Waals surface area contributed by atoms with Crippen molar-refractivity contribution in [3.05, 3.63) is 90.1 Å². The van der Waals surface area contributed by atoms with Gasteiger partial charge in [0.15, 0.2) is 5.96 Å². The van der Waals surface area contributed by atoms with E-state index in [2.05, 4.69) is 46.9 Å². The van der Waals surface area contributed by atoms with Crippen molar-refractivity contribution in [1.82, 2.24) is 46.9 Å². The zero-order chi connectivity index (χ0) is 43.8. The van der Waals surface area contributed by atoms with Crippen LogP contribution in [0.25, 0.3) is 10.9 Å². The lowest BCUT2D eigenvalue weighted by Gasteiger charge is -2.27. The Labute approximate surface area is 347 Å². The van der Waals surface area contributed by atoms with E-state index in [0.717, 1.165) is 16.5 Å². The van der Waals surface area contributed by atoms with Gasteiger partial charge in [0.05, 0.1) is 18.1 Å². The molecule has 0 bridgehead atoms. The molecule has 2 heterocycles. The van der Waals surface area contributed by atoms with E-state index in [4.69, 9.17) is 16.9 Å². The molecule has 4 rings (SSSR count). The molecule has 0 unspecified atom stereocenters. The number of fused-ring (bicyclic) bond motifs is 1. The first-order valence-corrected chi connectivity index (χ1v) is 19.8. The maximum Gasteiger partial charge on any atom is 0.325 e. The second kappa shape index (κ2) is 22.4. The molecule has 0 saturated heterocycles. The minimum Gasteiger partial charge on any atom is -0.480 e. The molecule has 14 N–H and O–H groups in total. The number of nitrogens with one attached hydrogen (secondary N) is 9. The number of hydrogen-bond acceptors (Lipinski definition) is 9. The number of para-hydroxylation sites is 1. The van der Waals surface area contributed by atoms with Crippen molar-refractivity contribution in [2.75, 3.05) is 6.54 Å². The second-order valence-corrected chi connectivity index (χ2v) is 15.0. The SMILES string of the molecule is CC(C)C[C@H](NC(=O)[C@H](CCCNC(=N)N)NC(=O)[C@H](Cc1ccccc1)NC(=O)[C@H](Cc1c[nH]c2ccccc12)NC(=O)[C@@H](N)Cc1c[nH]cn1)C(=O)N[C@@H](C)C(=O)O.